The molecule has 0 aromatic carbocycles. The molecule has 1 aromatic heterocycles. The SMILES string of the molecule is CCCn1ccnc1CC(=O)CCOCC(F)(F)F. The highest BCUT2D eigenvalue weighted by Gasteiger charge is 2.27. The van der Waals surface area contributed by atoms with Gasteiger partial charge in [-0.2, -0.15) is 13.2 Å². The minimum atomic E-state index is -4.35. The van der Waals surface area contributed by atoms with Crippen molar-refractivity contribution in [3.8, 4) is 0 Å². The first-order valence-electron chi connectivity index (χ1n) is 6.08. The van der Waals surface area contributed by atoms with Crippen LogP contribution >= 0.6 is 0 Å². The standard InChI is InChI=1S/C12H17F3N2O2/c1-2-5-17-6-4-16-11(17)8-10(18)3-7-19-9-12(13,14)15/h4,6H,2-3,5,7-9H2,1H3. The van der Waals surface area contributed by atoms with Crippen molar-refractivity contribution in [2.45, 2.75) is 38.9 Å². The third kappa shape index (κ3) is 6.37. The maximum atomic E-state index is 11.8. The molecule has 0 aliphatic heterocycles. The van der Waals surface area contributed by atoms with Crippen LogP contribution in [-0.4, -0.2) is 34.7 Å². The molecule has 1 heterocycles. The highest BCUT2D eigenvalue weighted by Crippen LogP contribution is 2.14. The summed E-state index contributed by atoms with van der Waals surface area (Å²) in [6.45, 7) is 1.25. The Kier molecular flexibility index (Phi) is 6.01. The lowest BCUT2D eigenvalue weighted by atomic mass is 10.2. The van der Waals surface area contributed by atoms with Gasteiger partial charge in [-0.15, -0.1) is 0 Å². The first-order valence-corrected chi connectivity index (χ1v) is 6.08. The maximum absolute atomic E-state index is 11.8. The summed E-state index contributed by atoms with van der Waals surface area (Å²) in [6, 6.07) is 0. The topological polar surface area (TPSA) is 44.1 Å². The Morgan fingerprint density at radius 2 is 2.21 bits per heavy atom. The summed E-state index contributed by atoms with van der Waals surface area (Å²) in [5.74, 6) is 0.466. The van der Waals surface area contributed by atoms with Crippen LogP contribution in [0.5, 0.6) is 0 Å². The van der Waals surface area contributed by atoms with Gasteiger partial charge in [-0.05, 0) is 6.42 Å². The molecule has 19 heavy (non-hydrogen) atoms. The fourth-order valence-corrected chi connectivity index (χ4v) is 1.59. The number of carbonyl (C=O) groups is 1. The number of Topliss-reactive ketones (excluding diaryl/α,β-unsaturated/α-hetero) is 1. The molecule has 0 aliphatic carbocycles. The molecular weight excluding hydrogens is 261 g/mol. The third-order valence-electron chi connectivity index (χ3n) is 2.41. The number of halogens is 3. The van der Waals surface area contributed by atoms with Gasteiger partial charge < -0.3 is 9.30 Å². The van der Waals surface area contributed by atoms with Gasteiger partial charge in [-0.3, -0.25) is 4.79 Å². The molecule has 0 atom stereocenters. The van der Waals surface area contributed by atoms with Crippen molar-refractivity contribution in [2.75, 3.05) is 13.2 Å². The summed E-state index contributed by atoms with van der Waals surface area (Å²) in [5.41, 5.74) is 0. The molecule has 1 rings (SSSR count). The number of ketones is 1. The summed E-state index contributed by atoms with van der Waals surface area (Å²) >= 11 is 0. The smallest absolute Gasteiger partial charge is 0.372 e. The van der Waals surface area contributed by atoms with E-state index in [2.05, 4.69) is 9.72 Å². The Hall–Kier alpha value is -1.37. The van der Waals surface area contributed by atoms with Crippen LogP contribution < -0.4 is 0 Å². The van der Waals surface area contributed by atoms with E-state index in [1.165, 1.54) is 0 Å². The number of imidazole rings is 1. The van der Waals surface area contributed by atoms with Gasteiger partial charge in [-0.1, -0.05) is 6.92 Å². The van der Waals surface area contributed by atoms with E-state index < -0.39 is 12.8 Å². The summed E-state index contributed by atoms with van der Waals surface area (Å²) in [7, 11) is 0. The Balaban J connectivity index is 2.29. The van der Waals surface area contributed by atoms with E-state index in [-0.39, 0.29) is 25.2 Å². The quantitative estimate of drug-likeness (QED) is 0.686. The van der Waals surface area contributed by atoms with Gasteiger partial charge in [0.2, 0.25) is 0 Å². The van der Waals surface area contributed by atoms with Crippen molar-refractivity contribution in [3.63, 3.8) is 0 Å². The summed E-state index contributed by atoms with van der Waals surface area (Å²) < 4.78 is 41.7. The number of rotatable bonds is 8. The van der Waals surface area contributed by atoms with E-state index in [0.717, 1.165) is 13.0 Å². The van der Waals surface area contributed by atoms with Crippen molar-refractivity contribution in [2.24, 2.45) is 0 Å². The highest BCUT2D eigenvalue weighted by molar-refractivity contribution is 5.80. The third-order valence-corrected chi connectivity index (χ3v) is 2.41. The average Bonchev–Trinajstić information content (AvgIpc) is 2.72. The zero-order chi connectivity index (χ0) is 14.3. The number of nitrogens with zero attached hydrogens (tertiary/aromatic N) is 2. The molecule has 7 heteroatoms. The first kappa shape index (κ1) is 15.7. The van der Waals surface area contributed by atoms with E-state index in [4.69, 9.17) is 0 Å². The highest BCUT2D eigenvalue weighted by atomic mass is 19.4. The van der Waals surface area contributed by atoms with Crippen molar-refractivity contribution < 1.29 is 22.7 Å². The molecule has 108 valence electrons. The number of hydrogen-bond donors (Lipinski definition) is 0. The lowest BCUT2D eigenvalue weighted by molar-refractivity contribution is -0.174. The Labute approximate surface area is 109 Å². The van der Waals surface area contributed by atoms with Crippen molar-refractivity contribution in [1.29, 1.82) is 0 Å². The predicted molar refractivity (Wildman–Crippen MR) is 62.7 cm³/mol. The molecule has 0 saturated heterocycles. The van der Waals surface area contributed by atoms with Gasteiger partial charge >= 0.3 is 6.18 Å². The van der Waals surface area contributed by atoms with Crippen LogP contribution in [0.15, 0.2) is 12.4 Å². The largest absolute Gasteiger partial charge is 0.411 e. The molecule has 0 unspecified atom stereocenters. The zero-order valence-electron chi connectivity index (χ0n) is 10.7. The van der Waals surface area contributed by atoms with Crippen LogP contribution in [0.1, 0.15) is 25.6 Å². The number of aromatic nitrogens is 2. The van der Waals surface area contributed by atoms with Crippen molar-refractivity contribution in [1.82, 2.24) is 9.55 Å². The molecule has 0 fully saturated rings. The van der Waals surface area contributed by atoms with E-state index in [1.807, 2.05) is 11.5 Å². The van der Waals surface area contributed by atoms with Gasteiger partial charge in [0, 0.05) is 25.4 Å². The lowest BCUT2D eigenvalue weighted by Crippen LogP contribution is -2.19. The number of alkyl halides is 3. The van der Waals surface area contributed by atoms with Gasteiger partial charge in [-0.25, -0.2) is 4.98 Å². The van der Waals surface area contributed by atoms with Crippen LogP contribution in [0.25, 0.3) is 0 Å². The summed E-state index contributed by atoms with van der Waals surface area (Å²) in [6.07, 6.45) is 0.0643. The monoisotopic (exact) mass is 278 g/mol. The molecule has 0 aliphatic rings. The lowest BCUT2D eigenvalue weighted by Gasteiger charge is -2.08. The second-order valence-corrected chi connectivity index (χ2v) is 4.17. The fraction of sp³-hybridized carbons (Fsp3) is 0.667. The predicted octanol–water partition coefficient (Wildman–Crippen LogP) is 2.37. The van der Waals surface area contributed by atoms with Gasteiger partial charge in [0.25, 0.3) is 0 Å². The van der Waals surface area contributed by atoms with Crippen LogP contribution in [-0.2, 0) is 22.5 Å². The minimum Gasteiger partial charge on any atom is -0.372 e. The number of hydrogen-bond acceptors (Lipinski definition) is 3. The van der Waals surface area contributed by atoms with E-state index >= 15 is 0 Å². The summed E-state index contributed by atoms with van der Waals surface area (Å²) in [4.78, 5) is 15.6. The van der Waals surface area contributed by atoms with Crippen LogP contribution in [0.4, 0.5) is 13.2 Å². The molecule has 0 amide bonds. The zero-order valence-corrected chi connectivity index (χ0v) is 10.7. The molecule has 0 bridgehead atoms. The van der Waals surface area contributed by atoms with E-state index in [1.54, 1.807) is 12.4 Å². The van der Waals surface area contributed by atoms with Crippen LogP contribution in [0.2, 0.25) is 0 Å². The van der Waals surface area contributed by atoms with Crippen molar-refractivity contribution in [3.05, 3.63) is 18.2 Å². The molecule has 0 radical (unpaired) electrons. The van der Waals surface area contributed by atoms with Crippen LogP contribution in [0.3, 0.4) is 0 Å². The number of aryl methyl sites for hydroxylation is 1. The second kappa shape index (κ2) is 7.28. The Morgan fingerprint density at radius 1 is 1.47 bits per heavy atom. The number of ether oxygens (including phenoxy) is 1. The number of carbonyl (C=O) groups excluding carboxylic acids is 1. The Bertz CT molecular complexity index is 402. The normalized spacial score (nSPS) is 11.8. The molecule has 1 aromatic rings. The molecule has 0 saturated carbocycles. The van der Waals surface area contributed by atoms with Gasteiger partial charge in [0.1, 0.15) is 18.2 Å². The fourth-order valence-electron chi connectivity index (χ4n) is 1.59. The molecule has 4 nitrogen and oxygen atoms in total. The second-order valence-electron chi connectivity index (χ2n) is 4.17. The molecule has 0 spiro atoms. The maximum Gasteiger partial charge on any atom is 0.411 e. The average molecular weight is 278 g/mol. The van der Waals surface area contributed by atoms with Gasteiger partial charge in [0.15, 0.2) is 0 Å². The van der Waals surface area contributed by atoms with Crippen LogP contribution in [0, 0.1) is 0 Å². The van der Waals surface area contributed by atoms with Crippen molar-refractivity contribution >= 4 is 5.78 Å². The van der Waals surface area contributed by atoms with E-state index in [0.29, 0.717) is 5.82 Å². The molecular formula is C12H17F3N2O2. The Morgan fingerprint density at radius 3 is 2.84 bits per heavy atom. The first-order chi connectivity index (χ1) is 8.92. The molecule has 0 N–H and O–H groups in total. The van der Waals surface area contributed by atoms with E-state index in [9.17, 15) is 18.0 Å². The van der Waals surface area contributed by atoms with Gasteiger partial charge in [0.05, 0.1) is 13.0 Å². The summed E-state index contributed by atoms with van der Waals surface area (Å²) in [5, 5.41) is 0. The minimum absolute atomic E-state index is 0.0327.